The largest absolute Gasteiger partial charge is 0.379 e. The number of Topliss-reactive ketones (excluding diaryl/α,β-unsaturated/α-hetero) is 1. The van der Waals surface area contributed by atoms with Gasteiger partial charge in [-0.15, -0.1) is 0 Å². The van der Waals surface area contributed by atoms with Crippen LogP contribution in [0.3, 0.4) is 0 Å². The Morgan fingerprint density at radius 3 is 2.83 bits per heavy atom. The molecule has 4 nitrogen and oxygen atoms in total. The number of ether oxygens (including phenoxy) is 1. The zero-order chi connectivity index (χ0) is 13.3. The third-order valence-electron chi connectivity index (χ3n) is 3.57. The summed E-state index contributed by atoms with van der Waals surface area (Å²) >= 11 is 1.50. The number of carbonyl (C=O) groups is 1. The van der Waals surface area contributed by atoms with Gasteiger partial charge in [-0.1, -0.05) is 18.3 Å². The predicted octanol–water partition coefficient (Wildman–Crippen LogP) is 2.52. The molecule has 0 spiro atoms. The number of aromatic nitrogens is 1. The summed E-state index contributed by atoms with van der Waals surface area (Å²) in [6.07, 6.45) is 1.36. The number of rotatable bonds is 3. The highest BCUT2D eigenvalue weighted by molar-refractivity contribution is 7.17. The maximum absolute atomic E-state index is 11.5. The minimum atomic E-state index is 0.102. The van der Waals surface area contributed by atoms with Gasteiger partial charge in [0, 0.05) is 27.1 Å². The average molecular weight is 268 g/mol. The fourth-order valence-corrected chi connectivity index (χ4v) is 3.36. The second-order valence-corrected chi connectivity index (χ2v) is 5.93. The van der Waals surface area contributed by atoms with Gasteiger partial charge in [0.15, 0.2) is 10.9 Å². The van der Waals surface area contributed by atoms with Gasteiger partial charge < -0.3 is 9.64 Å². The molecule has 0 aromatic carbocycles. The van der Waals surface area contributed by atoms with Gasteiger partial charge in [-0.2, -0.15) is 0 Å². The van der Waals surface area contributed by atoms with Crippen molar-refractivity contribution < 1.29 is 9.53 Å². The minimum Gasteiger partial charge on any atom is -0.379 e. The number of ketones is 1. The smallest absolute Gasteiger partial charge is 0.186 e. The van der Waals surface area contributed by atoms with Crippen molar-refractivity contribution in [2.45, 2.75) is 33.3 Å². The fourth-order valence-electron chi connectivity index (χ4n) is 2.36. The van der Waals surface area contributed by atoms with Crippen LogP contribution in [0.25, 0.3) is 0 Å². The molecule has 0 N–H and O–H groups in total. The molecule has 2 rings (SSSR count). The SMILES string of the molecule is COC1CN(c2nc(C)c(C(C)=O)s2)CCC1C. The van der Waals surface area contributed by atoms with E-state index in [-0.39, 0.29) is 11.9 Å². The highest BCUT2D eigenvalue weighted by Gasteiger charge is 2.28. The number of hydrogen-bond donors (Lipinski definition) is 0. The van der Waals surface area contributed by atoms with E-state index in [0.717, 1.165) is 35.2 Å². The monoisotopic (exact) mass is 268 g/mol. The summed E-state index contributed by atoms with van der Waals surface area (Å²) in [5.41, 5.74) is 0.843. The molecule has 1 aliphatic heterocycles. The lowest BCUT2D eigenvalue weighted by Crippen LogP contribution is -2.43. The normalized spacial score (nSPS) is 24.3. The zero-order valence-electron chi connectivity index (χ0n) is 11.4. The summed E-state index contributed by atoms with van der Waals surface area (Å²) in [4.78, 5) is 19.0. The van der Waals surface area contributed by atoms with Crippen LogP contribution in [-0.2, 0) is 4.74 Å². The van der Waals surface area contributed by atoms with E-state index >= 15 is 0 Å². The third kappa shape index (κ3) is 2.57. The molecular weight excluding hydrogens is 248 g/mol. The Bertz CT molecular complexity index is 444. The summed E-state index contributed by atoms with van der Waals surface area (Å²) in [7, 11) is 1.76. The Kier molecular flexibility index (Phi) is 4.02. The molecular formula is C13H20N2O2S. The summed E-state index contributed by atoms with van der Waals surface area (Å²) in [6.45, 7) is 7.57. The van der Waals surface area contributed by atoms with Crippen LogP contribution in [0.2, 0.25) is 0 Å². The maximum atomic E-state index is 11.5. The summed E-state index contributed by atoms with van der Waals surface area (Å²) in [5.74, 6) is 0.685. The molecule has 0 amide bonds. The molecule has 100 valence electrons. The Labute approximate surface area is 112 Å². The first-order valence-electron chi connectivity index (χ1n) is 6.29. The second kappa shape index (κ2) is 5.36. The van der Waals surface area contributed by atoms with Gasteiger partial charge in [-0.3, -0.25) is 4.79 Å². The maximum Gasteiger partial charge on any atom is 0.186 e. The fraction of sp³-hybridized carbons (Fsp3) is 0.692. The molecule has 1 fully saturated rings. The number of thiazole rings is 1. The first kappa shape index (κ1) is 13.5. The first-order chi connectivity index (χ1) is 8.52. The summed E-state index contributed by atoms with van der Waals surface area (Å²) in [5, 5.41) is 0.951. The van der Waals surface area contributed by atoms with Crippen molar-refractivity contribution in [3.8, 4) is 0 Å². The minimum absolute atomic E-state index is 0.102. The number of hydrogen-bond acceptors (Lipinski definition) is 5. The highest BCUT2D eigenvalue weighted by atomic mass is 32.1. The number of nitrogens with zero attached hydrogens (tertiary/aromatic N) is 2. The Hall–Kier alpha value is -0.940. The van der Waals surface area contributed by atoms with Crippen LogP contribution < -0.4 is 4.90 Å². The van der Waals surface area contributed by atoms with Gasteiger partial charge in [0.1, 0.15) is 0 Å². The first-order valence-corrected chi connectivity index (χ1v) is 7.10. The third-order valence-corrected chi connectivity index (χ3v) is 4.89. The van der Waals surface area contributed by atoms with E-state index in [1.807, 2.05) is 6.92 Å². The van der Waals surface area contributed by atoms with Crippen LogP contribution >= 0.6 is 11.3 Å². The molecule has 0 saturated carbocycles. The van der Waals surface area contributed by atoms with E-state index in [1.54, 1.807) is 14.0 Å². The van der Waals surface area contributed by atoms with Gasteiger partial charge in [0.05, 0.1) is 16.7 Å². The van der Waals surface area contributed by atoms with Gasteiger partial charge in [0.2, 0.25) is 0 Å². The second-order valence-electron chi connectivity index (χ2n) is 4.95. The van der Waals surface area contributed by atoms with Crippen molar-refractivity contribution in [3.63, 3.8) is 0 Å². The van der Waals surface area contributed by atoms with Gasteiger partial charge >= 0.3 is 0 Å². The highest BCUT2D eigenvalue weighted by Crippen LogP contribution is 2.30. The standard InChI is InChI=1S/C13H20N2O2S/c1-8-5-6-15(7-11(8)17-4)13-14-9(2)12(18-13)10(3)16/h8,11H,5-7H2,1-4H3. The van der Waals surface area contributed by atoms with Crippen LogP contribution in [0, 0.1) is 12.8 Å². The van der Waals surface area contributed by atoms with Crippen LogP contribution in [0.15, 0.2) is 0 Å². The summed E-state index contributed by atoms with van der Waals surface area (Å²) < 4.78 is 5.51. The lowest BCUT2D eigenvalue weighted by atomic mass is 9.96. The average Bonchev–Trinajstić information content (AvgIpc) is 2.72. The van der Waals surface area contributed by atoms with Crippen molar-refractivity contribution in [2.24, 2.45) is 5.92 Å². The van der Waals surface area contributed by atoms with E-state index in [1.165, 1.54) is 11.3 Å². The topological polar surface area (TPSA) is 42.4 Å². The van der Waals surface area contributed by atoms with Gasteiger partial charge in [-0.05, 0) is 19.3 Å². The van der Waals surface area contributed by atoms with Crippen molar-refractivity contribution in [2.75, 3.05) is 25.1 Å². The Balaban J connectivity index is 2.17. The molecule has 0 aliphatic carbocycles. The molecule has 2 atom stereocenters. The molecule has 1 aromatic rings. The van der Waals surface area contributed by atoms with E-state index < -0.39 is 0 Å². The van der Waals surface area contributed by atoms with Gasteiger partial charge in [-0.25, -0.2) is 4.98 Å². The molecule has 5 heteroatoms. The molecule has 0 bridgehead atoms. The van der Waals surface area contributed by atoms with E-state index in [9.17, 15) is 4.79 Å². The molecule has 0 radical (unpaired) electrons. The van der Waals surface area contributed by atoms with E-state index in [2.05, 4.69) is 16.8 Å². The number of aryl methyl sites for hydroxylation is 1. The number of carbonyl (C=O) groups excluding carboxylic acids is 1. The lowest BCUT2D eigenvalue weighted by molar-refractivity contribution is 0.0498. The molecule has 2 unspecified atom stereocenters. The van der Waals surface area contributed by atoms with Crippen molar-refractivity contribution in [1.82, 2.24) is 4.98 Å². The molecule has 1 aliphatic rings. The molecule has 2 heterocycles. The van der Waals surface area contributed by atoms with Crippen molar-refractivity contribution in [3.05, 3.63) is 10.6 Å². The number of anilines is 1. The van der Waals surface area contributed by atoms with Crippen LogP contribution in [0.5, 0.6) is 0 Å². The molecule has 1 saturated heterocycles. The number of methoxy groups -OCH3 is 1. The van der Waals surface area contributed by atoms with Crippen LogP contribution in [0.4, 0.5) is 5.13 Å². The lowest BCUT2D eigenvalue weighted by Gasteiger charge is -2.36. The summed E-state index contributed by atoms with van der Waals surface area (Å²) in [6, 6.07) is 0. The van der Waals surface area contributed by atoms with E-state index in [0.29, 0.717) is 5.92 Å². The zero-order valence-corrected chi connectivity index (χ0v) is 12.2. The predicted molar refractivity (Wildman–Crippen MR) is 73.6 cm³/mol. The quantitative estimate of drug-likeness (QED) is 0.790. The molecule has 1 aromatic heterocycles. The Morgan fingerprint density at radius 1 is 1.56 bits per heavy atom. The van der Waals surface area contributed by atoms with Crippen LogP contribution in [0.1, 0.15) is 35.6 Å². The van der Waals surface area contributed by atoms with Gasteiger partial charge in [0.25, 0.3) is 0 Å². The van der Waals surface area contributed by atoms with E-state index in [4.69, 9.17) is 4.74 Å². The molecule has 18 heavy (non-hydrogen) atoms. The van der Waals surface area contributed by atoms with Crippen molar-refractivity contribution in [1.29, 1.82) is 0 Å². The number of piperidine rings is 1. The Morgan fingerprint density at radius 2 is 2.28 bits per heavy atom. The van der Waals surface area contributed by atoms with Crippen molar-refractivity contribution >= 4 is 22.3 Å². The van der Waals surface area contributed by atoms with Crippen LogP contribution in [-0.4, -0.2) is 37.1 Å².